The van der Waals surface area contributed by atoms with Gasteiger partial charge in [0, 0.05) is 6.04 Å². The zero-order valence-corrected chi connectivity index (χ0v) is 13.4. The first-order valence-corrected chi connectivity index (χ1v) is 8.13. The summed E-state index contributed by atoms with van der Waals surface area (Å²) >= 11 is 0. The standard InChI is InChI=1S/C18H31NO/c1-4-6-7-16(5-2)14-20-18-12-10-17(11-13-18)9-8-15(3)19/h10-13,15-16H,4-9,14,19H2,1-3H3. The molecule has 0 aliphatic carbocycles. The molecular weight excluding hydrogens is 246 g/mol. The van der Waals surface area contributed by atoms with Crippen LogP contribution in [0.1, 0.15) is 58.4 Å². The van der Waals surface area contributed by atoms with Gasteiger partial charge in [0.15, 0.2) is 0 Å². The predicted octanol–water partition coefficient (Wildman–Crippen LogP) is 4.56. The molecule has 0 radical (unpaired) electrons. The largest absolute Gasteiger partial charge is 0.493 e. The van der Waals surface area contributed by atoms with Crippen molar-refractivity contribution in [1.82, 2.24) is 0 Å². The molecule has 0 saturated heterocycles. The van der Waals surface area contributed by atoms with Gasteiger partial charge in [-0.3, -0.25) is 0 Å². The van der Waals surface area contributed by atoms with Crippen LogP contribution >= 0.6 is 0 Å². The fourth-order valence-electron chi connectivity index (χ4n) is 2.26. The molecule has 0 aliphatic rings. The topological polar surface area (TPSA) is 35.2 Å². The van der Waals surface area contributed by atoms with E-state index in [9.17, 15) is 0 Å². The number of unbranched alkanes of at least 4 members (excludes halogenated alkanes) is 1. The summed E-state index contributed by atoms with van der Waals surface area (Å²) in [5, 5.41) is 0. The summed E-state index contributed by atoms with van der Waals surface area (Å²) in [5.74, 6) is 1.68. The second-order valence-electron chi connectivity index (χ2n) is 5.89. The summed E-state index contributed by atoms with van der Waals surface area (Å²) < 4.78 is 5.91. The number of benzene rings is 1. The molecule has 1 aromatic rings. The van der Waals surface area contributed by atoms with Crippen LogP contribution in [0.5, 0.6) is 5.75 Å². The van der Waals surface area contributed by atoms with Crippen LogP contribution in [0.25, 0.3) is 0 Å². The van der Waals surface area contributed by atoms with Crippen LogP contribution < -0.4 is 10.5 Å². The zero-order valence-electron chi connectivity index (χ0n) is 13.4. The molecule has 2 heteroatoms. The zero-order chi connectivity index (χ0) is 14.8. The van der Waals surface area contributed by atoms with E-state index in [1.165, 1.54) is 31.2 Å². The van der Waals surface area contributed by atoms with Crippen molar-refractivity contribution in [2.24, 2.45) is 11.7 Å². The van der Waals surface area contributed by atoms with Gasteiger partial charge in [-0.05, 0) is 49.8 Å². The van der Waals surface area contributed by atoms with Gasteiger partial charge in [0.1, 0.15) is 5.75 Å². The Morgan fingerprint density at radius 1 is 1.10 bits per heavy atom. The first-order valence-electron chi connectivity index (χ1n) is 8.13. The molecule has 1 rings (SSSR count). The predicted molar refractivity (Wildman–Crippen MR) is 87.2 cm³/mol. The van der Waals surface area contributed by atoms with Gasteiger partial charge < -0.3 is 10.5 Å². The van der Waals surface area contributed by atoms with Crippen molar-refractivity contribution in [2.45, 2.75) is 65.3 Å². The SMILES string of the molecule is CCCCC(CC)COc1ccc(CCC(C)N)cc1. The highest BCUT2D eigenvalue weighted by Crippen LogP contribution is 2.18. The van der Waals surface area contributed by atoms with Crippen molar-refractivity contribution in [1.29, 1.82) is 0 Å². The molecule has 2 nitrogen and oxygen atoms in total. The fraction of sp³-hybridized carbons (Fsp3) is 0.667. The van der Waals surface area contributed by atoms with Crippen molar-refractivity contribution in [3.63, 3.8) is 0 Å². The van der Waals surface area contributed by atoms with E-state index in [1.54, 1.807) is 0 Å². The minimum absolute atomic E-state index is 0.273. The van der Waals surface area contributed by atoms with Gasteiger partial charge in [0.05, 0.1) is 6.61 Å². The lowest BCUT2D eigenvalue weighted by Gasteiger charge is -2.15. The Kier molecular flexibility index (Phi) is 8.36. The Morgan fingerprint density at radius 2 is 1.80 bits per heavy atom. The number of rotatable bonds is 10. The smallest absolute Gasteiger partial charge is 0.119 e. The van der Waals surface area contributed by atoms with Crippen molar-refractivity contribution in [2.75, 3.05) is 6.61 Å². The van der Waals surface area contributed by atoms with Gasteiger partial charge >= 0.3 is 0 Å². The van der Waals surface area contributed by atoms with Crippen LogP contribution in [0.15, 0.2) is 24.3 Å². The lowest BCUT2D eigenvalue weighted by Crippen LogP contribution is -2.15. The second kappa shape index (κ2) is 9.82. The molecule has 0 bridgehead atoms. The molecular formula is C18H31NO. The van der Waals surface area contributed by atoms with Gasteiger partial charge in [0.25, 0.3) is 0 Å². The summed E-state index contributed by atoms with van der Waals surface area (Å²) in [7, 11) is 0. The van der Waals surface area contributed by atoms with E-state index in [0.717, 1.165) is 25.2 Å². The fourth-order valence-corrected chi connectivity index (χ4v) is 2.26. The normalized spacial score (nSPS) is 14.0. The van der Waals surface area contributed by atoms with Crippen molar-refractivity contribution in [3.8, 4) is 5.75 Å². The maximum atomic E-state index is 5.91. The number of ether oxygens (including phenoxy) is 1. The van der Waals surface area contributed by atoms with Gasteiger partial charge in [-0.25, -0.2) is 0 Å². The Balaban J connectivity index is 2.36. The van der Waals surface area contributed by atoms with Gasteiger partial charge in [-0.1, -0.05) is 45.2 Å². The highest BCUT2D eigenvalue weighted by Gasteiger charge is 2.07. The van der Waals surface area contributed by atoms with Gasteiger partial charge in [0.2, 0.25) is 0 Å². The van der Waals surface area contributed by atoms with Crippen LogP contribution in [0.4, 0.5) is 0 Å². The maximum absolute atomic E-state index is 5.91. The van der Waals surface area contributed by atoms with Crippen LogP contribution in [0.2, 0.25) is 0 Å². The Morgan fingerprint density at radius 3 is 2.35 bits per heavy atom. The summed E-state index contributed by atoms with van der Waals surface area (Å²) in [4.78, 5) is 0. The molecule has 0 amide bonds. The monoisotopic (exact) mass is 277 g/mol. The molecule has 0 fully saturated rings. The third kappa shape index (κ3) is 6.95. The first-order chi connectivity index (χ1) is 9.65. The summed E-state index contributed by atoms with van der Waals surface area (Å²) in [6, 6.07) is 8.76. The molecule has 0 spiro atoms. The van der Waals surface area contributed by atoms with E-state index in [0.29, 0.717) is 5.92 Å². The van der Waals surface area contributed by atoms with Crippen molar-refractivity contribution < 1.29 is 4.74 Å². The highest BCUT2D eigenvalue weighted by atomic mass is 16.5. The van der Waals surface area contributed by atoms with E-state index < -0.39 is 0 Å². The van der Waals surface area contributed by atoms with E-state index in [2.05, 4.69) is 45.0 Å². The molecule has 114 valence electrons. The number of nitrogens with two attached hydrogens (primary N) is 1. The first kappa shape index (κ1) is 17.0. The Hall–Kier alpha value is -1.02. The average Bonchev–Trinajstić information content (AvgIpc) is 2.46. The van der Waals surface area contributed by atoms with Gasteiger partial charge in [-0.2, -0.15) is 0 Å². The van der Waals surface area contributed by atoms with Crippen molar-refractivity contribution in [3.05, 3.63) is 29.8 Å². The lowest BCUT2D eigenvalue weighted by atomic mass is 10.0. The van der Waals surface area contributed by atoms with E-state index in [4.69, 9.17) is 10.5 Å². The summed E-state index contributed by atoms with van der Waals surface area (Å²) in [5.41, 5.74) is 7.12. The quantitative estimate of drug-likeness (QED) is 0.680. The molecule has 2 N–H and O–H groups in total. The lowest BCUT2D eigenvalue weighted by molar-refractivity contribution is 0.233. The average molecular weight is 277 g/mol. The minimum Gasteiger partial charge on any atom is -0.493 e. The second-order valence-corrected chi connectivity index (χ2v) is 5.89. The summed E-state index contributed by atoms with van der Waals surface area (Å²) in [6.07, 6.45) is 7.13. The molecule has 1 aromatic carbocycles. The van der Waals surface area contributed by atoms with Crippen LogP contribution in [-0.2, 0) is 6.42 Å². The van der Waals surface area contributed by atoms with E-state index in [1.807, 2.05) is 0 Å². The Labute approximate surface area is 124 Å². The molecule has 0 heterocycles. The summed E-state index contributed by atoms with van der Waals surface area (Å²) in [6.45, 7) is 7.39. The number of hydrogen-bond donors (Lipinski definition) is 1. The number of hydrogen-bond acceptors (Lipinski definition) is 2. The van der Waals surface area contributed by atoms with Crippen LogP contribution in [0.3, 0.4) is 0 Å². The maximum Gasteiger partial charge on any atom is 0.119 e. The molecule has 2 unspecified atom stereocenters. The third-order valence-electron chi connectivity index (χ3n) is 3.84. The minimum atomic E-state index is 0.273. The van der Waals surface area contributed by atoms with Crippen LogP contribution in [0, 0.1) is 5.92 Å². The van der Waals surface area contributed by atoms with Crippen molar-refractivity contribution >= 4 is 0 Å². The van der Waals surface area contributed by atoms with E-state index in [-0.39, 0.29) is 6.04 Å². The molecule has 0 aromatic heterocycles. The van der Waals surface area contributed by atoms with Crippen LogP contribution in [-0.4, -0.2) is 12.6 Å². The third-order valence-corrected chi connectivity index (χ3v) is 3.84. The molecule has 2 atom stereocenters. The molecule has 20 heavy (non-hydrogen) atoms. The number of aryl methyl sites for hydroxylation is 1. The van der Waals surface area contributed by atoms with E-state index >= 15 is 0 Å². The molecule has 0 aliphatic heterocycles. The highest BCUT2D eigenvalue weighted by molar-refractivity contribution is 5.27. The molecule has 0 saturated carbocycles. The Bertz CT molecular complexity index is 345. The van der Waals surface area contributed by atoms with Gasteiger partial charge in [-0.15, -0.1) is 0 Å².